The summed E-state index contributed by atoms with van der Waals surface area (Å²) in [5.74, 6) is 0.640. The van der Waals surface area contributed by atoms with Gasteiger partial charge >= 0.3 is 0 Å². The van der Waals surface area contributed by atoms with Gasteiger partial charge in [0.15, 0.2) is 0 Å². The van der Waals surface area contributed by atoms with Gasteiger partial charge in [-0.1, -0.05) is 48.5 Å². The summed E-state index contributed by atoms with van der Waals surface area (Å²) in [6, 6.07) is 22.5. The van der Waals surface area contributed by atoms with Crippen LogP contribution in [0.25, 0.3) is 22.0 Å². The molecule has 0 radical (unpaired) electrons. The number of nitrogens with one attached hydrogen (secondary N) is 1. The molecule has 2 aromatic carbocycles. The van der Waals surface area contributed by atoms with Gasteiger partial charge in [-0.3, -0.25) is 4.98 Å². The highest BCUT2D eigenvalue weighted by Crippen LogP contribution is 2.27. The molecular weight excluding hydrogens is 308 g/mol. The molecule has 0 amide bonds. The number of rotatable bonds is 5. The lowest BCUT2D eigenvalue weighted by Crippen LogP contribution is -2.08. The Bertz CT molecular complexity index is 978. The van der Waals surface area contributed by atoms with E-state index in [1.165, 1.54) is 10.8 Å². The SMILES string of the molecule is c1ccc(CCNc2nccc(-c3cccc4ccccc34)n2)nc1. The van der Waals surface area contributed by atoms with Gasteiger partial charge in [-0.05, 0) is 29.0 Å². The minimum absolute atomic E-state index is 0.640. The standard InChI is InChI=1S/C21H18N4/c1-2-9-18-16(6-1)7-5-10-19(18)20-12-15-24-21(25-20)23-14-11-17-8-3-4-13-22-17/h1-10,12-13,15H,11,14H2,(H,23,24,25). The van der Waals surface area contributed by atoms with Crippen molar-refractivity contribution in [3.05, 3.63) is 84.8 Å². The Morgan fingerprint density at radius 2 is 1.64 bits per heavy atom. The van der Waals surface area contributed by atoms with E-state index in [0.29, 0.717) is 5.95 Å². The van der Waals surface area contributed by atoms with Crippen LogP contribution in [-0.2, 0) is 6.42 Å². The van der Waals surface area contributed by atoms with Gasteiger partial charge in [-0.25, -0.2) is 9.97 Å². The molecule has 25 heavy (non-hydrogen) atoms. The maximum absolute atomic E-state index is 4.68. The van der Waals surface area contributed by atoms with Crippen molar-refractivity contribution in [3.8, 4) is 11.3 Å². The fourth-order valence-corrected chi connectivity index (χ4v) is 2.89. The lowest BCUT2D eigenvalue weighted by Gasteiger charge is -2.08. The molecule has 0 aliphatic carbocycles. The summed E-state index contributed by atoms with van der Waals surface area (Å²) in [6.45, 7) is 0.746. The van der Waals surface area contributed by atoms with Crippen LogP contribution in [0.2, 0.25) is 0 Å². The number of anilines is 1. The summed E-state index contributed by atoms with van der Waals surface area (Å²) in [6.07, 6.45) is 4.45. The van der Waals surface area contributed by atoms with E-state index in [1.54, 1.807) is 6.20 Å². The normalized spacial score (nSPS) is 10.7. The summed E-state index contributed by atoms with van der Waals surface area (Å²) < 4.78 is 0. The maximum Gasteiger partial charge on any atom is 0.223 e. The third kappa shape index (κ3) is 3.48. The lowest BCUT2D eigenvalue weighted by atomic mass is 10.0. The van der Waals surface area contributed by atoms with Crippen molar-refractivity contribution >= 4 is 16.7 Å². The second-order valence-corrected chi connectivity index (χ2v) is 5.79. The Labute approximate surface area is 146 Å². The maximum atomic E-state index is 4.68. The van der Waals surface area contributed by atoms with Gasteiger partial charge < -0.3 is 5.32 Å². The van der Waals surface area contributed by atoms with Crippen molar-refractivity contribution in [1.29, 1.82) is 0 Å². The first-order valence-corrected chi connectivity index (χ1v) is 8.35. The molecule has 0 bridgehead atoms. The highest BCUT2D eigenvalue weighted by molar-refractivity contribution is 5.95. The van der Waals surface area contributed by atoms with E-state index in [-0.39, 0.29) is 0 Å². The van der Waals surface area contributed by atoms with E-state index in [1.807, 2.05) is 30.5 Å². The van der Waals surface area contributed by atoms with Gasteiger partial charge in [-0.15, -0.1) is 0 Å². The van der Waals surface area contributed by atoms with E-state index in [9.17, 15) is 0 Å². The van der Waals surface area contributed by atoms with Crippen LogP contribution in [0, 0.1) is 0 Å². The Morgan fingerprint density at radius 1 is 0.760 bits per heavy atom. The molecule has 2 aromatic heterocycles. The third-order valence-corrected chi connectivity index (χ3v) is 4.11. The van der Waals surface area contributed by atoms with Gasteiger partial charge in [0.2, 0.25) is 5.95 Å². The summed E-state index contributed by atoms with van der Waals surface area (Å²) >= 11 is 0. The molecule has 4 aromatic rings. The Morgan fingerprint density at radius 3 is 2.56 bits per heavy atom. The van der Waals surface area contributed by atoms with Crippen LogP contribution in [0.15, 0.2) is 79.1 Å². The van der Waals surface area contributed by atoms with Crippen molar-refractivity contribution in [2.45, 2.75) is 6.42 Å². The largest absolute Gasteiger partial charge is 0.354 e. The third-order valence-electron chi connectivity index (χ3n) is 4.11. The molecule has 2 heterocycles. The quantitative estimate of drug-likeness (QED) is 0.592. The fourth-order valence-electron chi connectivity index (χ4n) is 2.89. The minimum atomic E-state index is 0.640. The predicted octanol–water partition coefficient (Wildman–Crippen LogP) is 4.35. The monoisotopic (exact) mass is 326 g/mol. The van der Waals surface area contributed by atoms with Gasteiger partial charge in [0.05, 0.1) is 5.69 Å². The molecule has 1 N–H and O–H groups in total. The predicted molar refractivity (Wildman–Crippen MR) is 101 cm³/mol. The van der Waals surface area contributed by atoms with Crippen molar-refractivity contribution in [1.82, 2.24) is 15.0 Å². The van der Waals surface area contributed by atoms with Crippen LogP contribution < -0.4 is 5.32 Å². The average molecular weight is 326 g/mol. The molecule has 0 spiro atoms. The summed E-state index contributed by atoms with van der Waals surface area (Å²) in [5, 5.41) is 5.70. The topological polar surface area (TPSA) is 50.7 Å². The molecular formula is C21H18N4. The van der Waals surface area contributed by atoms with Crippen LogP contribution in [0.5, 0.6) is 0 Å². The van der Waals surface area contributed by atoms with Gasteiger partial charge in [0.1, 0.15) is 0 Å². The second-order valence-electron chi connectivity index (χ2n) is 5.79. The van der Waals surface area contributed by atoms with Crippen molar-refractivity contribution in [2.24, 2.45) is 0 Å². The van der Waals surface area contributed by atoms with E-state index in [0.717, 1.165) is 29.9 Å². The zero-order valence-electron chi connectivity index (χ0n) is 13.8. The Hall–Kier alpha value is -3.27. The van der Waals surface area contributed by atoms with E-state index >= 15 is 0 Å². The fraction of sp³-hybridized carbons (Fsp3) is 0.0952. The highest BCUT2D eigenvalue weighted by atomic mass is 15.1. The second kappa shape index (κ2) is 7.09. The van der Waals surface area contributed by atoms with Crippen LogP contribution in [0.4, 0.5) is 5.95 Å². The number of fused-ring (bicyclic) bond motifs is 1. The summed E-state index contributed by atoms with van der Waals surface area (Å²) in [4.78, 5) is 13.3. The highest BCUT2D eigenvalue weighted by Gasteiger charge is 2.06. The van der Waals surface area contributed by atoms with E-state index in [2.05, 4.69) is 62.7 Å². The first kappa shape index (κ1) is 15.3. The Kier molecular flexibility index (Phi) is 4.33. The van der Waals surface area contributed by atoms with E-state index < -0.39 is 0 Å². The minimum Gasteiger partial charge on any atom is -0.354 e. The molecule has 122 valence electrons. The molecule has 0 saturated heterocycles. The molecule has 0 saturated carbocycles. The number of hydrogen-bond acceptors (Lipinski definition) is 4. The van der Waals surface area contributed by atoms with Gasteiger partial charge in [0.25, 0.3) is 0 Å². The van der Waals surface area contributed by atoms with Crippen LogP contribution in [0.1, 0.15) is 5.69 Å². The number of hydrogen-bond donors (Lipinski definition) is 1. The van der Waals surface area contributed by atoms with Gasteiger partial charge in [0, 0.05) is 36.6 Å². The van der Waals surface area contributed by atoms with Crippen LogP contribution >= 0.6 is 0 Å². The molecule has 0 unspecified atom stereocenters. The van der Waals surface area contributed by atoms with E-state index in [4.69, 9.17) is 0 Å². The first-order chi connectivity index (χ1) is 12.4. The molecule has 0 atom stereocenters. The van der Waals surface area contributed by atoms with Crippen molar-refractivity contribution < 1.29 is 0 Å². The molecule has 4 rings (SSSR count). The summed E-state index contributed by atoms with van der Waals surface area (Å²) in [5.41, 5.74) is 3.10. The first-order valence-electron chi connectivity index (χ1n) is 8.35. The zero-order chi connectivity index (χ0) is 16.9. The molecule has 4 heteroatoms. The smallest absolute Gasteiger partial charge is 0.223 e. The van der Waals surface area contributed by atoms with Gasteiger partial charge in [-0.2, -0.15) is 0 Å². The number of pyridine rings is 1. The lowest BCUT2D eigenvalue weighted by molar-refractivity contribution is 0.942. The number of benzene rings is 2. The van der Waals surface area contributed by atoms with Crippen LogP contribution in [-0.4, -0.2) is 21.5 Å². The Balaban J connectivity index is 1.55. The molecule has 0 aliphatic rings. The zero-order valence-corrected chi connectivity index (χ0v) is 13.8. The average Bonchev–Trinajstić information content (AvgIpc) is 2.69. The van der Waals surface area contributed by atoms with Crippen molar-refractivity contribution in [3.63, 3.8) is 0 Å². The summed E-state index contributed by atoms with van der Waals surface area (Å²) in [7, 11) is 0. The van der Waals surface area contributed by atoms with Crippen molar-refractivity contribution in [2.75, 3.05) is 11.9 Å². The molecule has 0 fully saturated rings. The molecule has 0 aliphatic heterocycles. The molecule has 4 nitrogen and oxygen atoms in total. The number of aromatic nitrogens is 3. The van der Waals surface area contributed by atoms with Crippen LogP contribution in [0.3, 0.4) is 0 Å². The number of nitrogens with zero attached hydrogens (tertiary/aromatic N) is 3.